The van der Waals surface area contributed by atoms with Gasteiger partial charge in [-0.2, -0.15) is 0 Å². The molecule has 2 N–H and O–H groups in total. The number of carbonyl (C=O) groups excluding carboxylic acids is 1. The van der Waals surface area contributed by atoms with Gasteiger partial charge in [0.2, 0.25) is 5.91 Å². The van der Waals surface area contributed by atoms with Crippen molar-refractivity contribution in [2.45, 2.75) is 27.2 Å². The van der Waals surface area contributed by atoms with Crippen LogP contribution in [-0.2, 0) is 9.59 Å². The maximum Gasteiger partial charge on any atom is 0.323 e. The van der Waals surface area contributed by atoms with Crippen molar-refractivity contribution in [2.75, 3.05) is 24.5 Å². The molecule has 0 aliphatic heterocycles. The number of aliphatic carboxylic acids is 1. The van der Waals surface area contributed by atoms with E-state index in [1.54, 1.807) is 17.0 Å². The van der Waals surface area contributed by atoms with Gasteiger partial charge in [-0.3, -0.25) is 9.59 Å². The molecule has 1 rings (SSSR count). The molecule has 5 heteroatoms. The first-order valence-corrected chi connectivity index (χ1v) is 7.06. The lowest BCUT2D eigenvalue weighted by Crippen LogP contribution is -2.40. The fourth-order valence-corrected chi connectivity index (χ4v) is 1.85. The fraction of sp³-hybridized carbons (Fsp3) is 0.500. The zero-order chi connectivity index (χ0) is 15.9. The Kier molecular flexibility index (Phi) is 6.21. The predicted molar refractivity (Wildman–Crippen MR) is 83.4 cm³/mol. The Morgan fingerprint density at radius 1 is 1.14 bits per heavy atom. The Labute approximate surface area is 126 Å². The van der Waals surface area contributed by atoms with E-state index in [1.807, 2.05) is 18.2 Å². The summed E-state index contributed by atoms with van der Waals surface area (Å²) in [7, 11) is 0. The lowest BCUT2D eigenvalue weighted by Gasteiger charge is -2.23. The second-order valence-corrected chi connectivity index (χ2v) is 6.25. The Morgan fingerprint density at radius 2 is 1.76 bits per heavy atom. The Bertz CT molecular complexity index is 466. The van der Waals surface area contributed by atoms with Crippen molar-refractivity contribution in [1.82, 2.24) is 5.32 Å². The number of amides is 1. The second kappa shape index (κ2) is 7.67. The zero-order valence-corrected chi connectivity index (χ0v) is 12.9. The van der Waals surface area contributed by atoms with Gasteiger partial charge < -0.3 is 15.3 Å². The number of hydrogen-bond acceptors (Lipinski definition) is 3. The first-order valence-electron chi connectivity index (χ1n) is 7.06. The maximum absolute atomic E-state index is 11.9. The quantitative estimate of drug-likeness (QED) is 0.807. The Morgan fingerprint density at radius 3 is 2.29 bits per heavy atom. The number of hydrogen-bond donors (Lipinski definition) is 2. The number of para-hydroxylation sites is 1. The van der Waals surface area contributed by atoms with E-state index >= 15 is 0 Å². The molecule has 0 saturated heterocycles. The fourth-order valence-electron chi connectivity index (χ4n) is 1.85. The molecule has 116 valence electrons. The van der Waals surface area contributed by atoms with Gasteiger partial charge in [0.05, 0.1) is 6.54 Å². The summed E-state index contributed by atoms with van der Waals surface area (Å²) in [5.41, 5.74) is 0.888. The lowest BCUT2D eigenvalue weighted by molar-refractivity contribution is -0.135. The monoisotopic (exact) mass is 292 g/mol. The lowest BCUT2D eigenvalue weighted by atomic mass is 9.92. The third-order valence-corrected chi connectivity index (χ3v) is 2.98. The van der Waals surface area contributed by atoms with Crippen LogP contribution >= 0.6 is 0 Å². The summed E-state index contributed by atoms with van der Waals surface area (Å²) < 4.78 is 0. The highest BCUT2D eigenvalue weighted by molar-refractivity contribution is 5.84. The number of rotatable bonds is 7. The number of nitrogens with one attached hydrogen (secondary N) is 1. The average molecular weight is 292 g/mol. The number of benzene rings is 1. The van der Waals surface area contributed by atoms with Crippen molar-refractivity contribution in [3.63, 3.8) is 0 Å². The van der Waals surface area contributed by atoms with Crippen LogP contribution in [0.3, 0.4) is 0 Å². The summed E-state index contributed by atoms with van der Waals surface area (Å²) in [5, 5.41) is 11.8. The van der Waals surface area contributed by atoms with E-state index in [4.69, 9.17) is 5.11 Å². The summed E-state index contributed by atoms with van der Waals surface area (Å²) >= 11 is 0. The van der Waals surface area contributed by atoms with Crippen molar-refractivity contribution in [3.8, 4) is 0 Å². The number of carbonyl (C=O) groups is 2. The van der Waals surface area contributed by atoms with Gasteiger partial charge in [-0.1, -0.05) is 39.0 Å². The molecule has 21 heavy (non-hydrogen) atoms. The molecule has 0 aromatic heterocycles. The van der Waals surface area contributed by atoms with Crippen molar-refractivity contribution < 1.29 is 14.7 Å². The standard InChI is InChI=1S/C16H24N2O3/c1-16(2,3)9-10-17-14(19)11-18(12-15(20)21)13-7-5-4-6-8-13/h4-8H,9-12H2,1-3H3,(H,17,19)(H,20,21). The first-order chi connectivity index (χ1) is 9.78. The summed E-state index contributed by atoms with van der Waals surface area (Å²) in [6.07, 6.45) is 0.878. The predicted octanol–water partition coefficient (Wildman–Crippen LogP) is 2.13. The van der Waals surface area contributed by atoms with Gasteiger partial charge in [0.25, 0.3) is 0 Å². The highest BCUT2D eigenvalue weighted by Gasteiger charge is 2.15. The number of carboxylic acid groups (broad SMARTS) is 1. The minimum absolute atomic E-state index is 0.0421. The largest absolute Gasteiger partial charge is 0.480 e. The van der Waals surface area contributed by atoms with Crippen LogP contribution in [0.25, 0.3) is 0 Å². The maximum atomic E-state index is 11.9. The van der Waals surface area contributed by atoms with Crippen LogP contribution in [-0.4, -0.2) is 36.6 Å². The molecule has 1 aromatic carbocycles. The molecule has 0 radical (unpaired) electrons. The van der Waals surface area contributed by atoms with Gasteiger partial charge in [0.15, 0.2) is 0 Å². The number of anilines is 1. The summed E-state index contributed by atoms with van der Waals surface area (Å²) in [4.78, 5) is 24.4. The molecule has 0 aliphatic rings. The van der Waals surface area contributed by atoms with Crippen molar-refractivity contribution in [2.24, 2.45) is 5.41 Å². The van der Waals surface area contributed by atoms with Gasteiger partial charge in [-0.15, -0.1) is 0 Å². The molecule has 0 aliphatic carbocycles. The van der Waals surface area contributed by atoms with E-state index < -0.39 is 5.97 Å². The van der Waals surface area contributed by atoms with Gasteiger partial charge in [-0.25, -0.2) is 0 Å². The SMILES string of the molecule is CC(C)(C)CCNC(=O)CN(CC(=O)O)c1ccccc1. The van der Waals surface area contributed by atoms with E-state index in [0.29, 0.717) is 6.54 Å². The zero-order valence-electron chi connectivity index (χ0n) is 12.9. The third kappa shape index (κ3) is 7.34. The third-order valence-electron chi connectivity index (χ3n) is 2.98. The number of nitrogens with zero attached hydrogens (tertiary/aromatic N) is 1. The molecule has 0 saturated carbocycles. The smallest absolute Gasteiger partial charge is 0.323 e. The van der Waals surface area contributed by atoms with Crippen LogP contribution < -0.4 is 10.2 Å². The van der Waals surface area contributed by atoms with Crippen LogP contribution in [0.1, 0.15) is 27.2 Å². The van der Waals surface area contributed by atoms with E-state index in [0.717, 1.165) is 12.1 Å². The Balaban J connectivity index is 2.57. The van der Waals surface area contributed by atoms with Crippen LogP contribution in [0.4, 0.5) is 5.69 Å². The highest BCUT2D eigenvalue weighted by atomic mass is 16.4. The van der Waals surface area contributed by atoms with Crippen molar-refractivity contribution in [1.29, 1.82) is 0 Å². The molecule has 0 spiro atoms. The molecule has 1 aromatic rings. The molecule has 0 fully saturated rings. The van der Waals surface area contributed by atoms with Gasteiger partial charge in [0, 0.05) is 12.2 Å². The van der Waals surface area contributed by atoms with Crippen molar-refractivity contribution in [3.05, 3.63) is 30.3 Å². The number of carboxylic acids is 1. The molecular formula is C16H24N2O3. The molecular weight excluding hydrogens is 268 g/mol. The molecule has 0 unspecified atom stereocenters. The van der Waals surface area contributed by atoms with E-state index in [1.165, 1.54) is 0 Å². The summed E-state index contributed by atoms with van der Waals surface area (Å²) in [6.45, 7) is 6.77. The minimum Gasteiger partial charge on any atom is -0.480 e. The van der Waals surface area contributed by atoms with E-state index in [9.17, 15) is 9.59 Å². The molecule has 0 atom stereocenters. The van der Waals surface area contributed by atoms with Crippen LogP contribution in [0.15, 0.2) is 30.3 Å². The summed E-state index contributed by atoms with van der Waals surface area (Å²) in [5.74, 6) is -1.12. The van der Waals surface area contributed by atoms with Crippen LogP contribution in [0.2, 0.25) is 0 Å². The normalized spacial score (nSPS) is 11.0. The minimum atomic E-state index is -0.957. The average Bonchev–Trinajstić information content (AvgIpc) is 2.37. The van der Waals surface area contributed by atoms with Gasteiger partial charge in [-0.05, 0) is 24.0 Å². The van der Waals surface area contributed by atoms with Crippen molar-refractivity contribution >= 4 is 17.6 Å². The molecule has 1 amide bonds. The molecule has 0 heterocycles. The van der Waals surface area contributed by atoms with Gasteiger partial charge >= 0.3 is 5.97 Å². The highest BCUT2D eigenvalue weighted by Crippen LogP contribution is 2.17. The van der Waals surface area contributed by atoms with Crippen LogP contribution in [0.5, 0.6) is 0 Å². The Hall–Kier alpha value is -2.04. The first kappa shape index (κ1) is 17.0. The van der Waals surface area contributed by atoms with E-state index in [2.05, 4.69) is 26.1 Å². The summed E-state index contributed by atoms with van der Waals surface area (Å²) in [6, 6.07) is 9.09. The molecule has 0 bridgehead atoms. The van der Waals surface area contributed by atoms with Gasteiger partial charge in [0.1, 0.15) is 6.54 Å². The van der Waals surface area contributed by atoms with E-state index in [-0.39, 0.29) is 24.4 Å². The second-order valence-electron chi connectivity index (χ2n) is 6.25. The molecule has 5 nitrogen and oxygen atoms in total. The topological polar surface area (TPSA) is 69.6 Å². The van der Waals surface area contributed by atoms with Crippen LogP contribution in [0, 0.1) is 5.41 Å².